The van der Waals surface area contributed by atoms with Crippen molar-refractivity contribution < 1.29 is 13.2 Å². The predicted molar refractivity (Wildman–Crippen MR) is 49.5 cm³/mol. The maximum atomic E-state index is 12.6. The van der Waals surface area contributed by atoms with Gasteiger partial charge in [0, 0.05) is 25.4 Å². The third-order valence-corrected chi connectivity index (χ3v) is 2.44. The van der Waals surface area contributed by atoms with Crippen LogP contribution in [0.1, 0.15) is 18.4 Å². The van der Waals surface area contributed by atoms with Gasteiger partial charge < -0.3 is 4.90 Å². The average Bonchev–Trinajstić information content (AvgIpc) is 2.69. The fraction of sp³-hybridized carbons (Fsp3) is 0.500. The Bertz CT molecular complexity index is 343. The monoisotopic (exact) mass is 215 g/mol. The van der Waals surface area contributed by atoms with Crippen LogP contribution in [0.15, 0.2) is 12.3 Å². The van der Waals surface area contributed by atoms with E-state index in [4.69, 9.17) is 0 Å². The Hall–Kier alpha value is -1.26. The number of pyridine rings is 1. The Morgan fingerprint density at radius 3 is 2.53 bits per heavy atom. The summed E-state index contributed by atoms with van der Waals surface area (Å²) in [6, 6.07) is 3.33. The molecule has 1 saturated heterocycles. The van der Waals surface area contributed by atoms with Crippen LogP contribution in [0.2, 0.25) is 0 Å². The van der Waals surface area contributed by atoms with Crippen molar-refractivity contribution in [2.24, 2.45) is 0 Å². The molecule has 0 bridgehead atoms. The van der Waals surface area contributed by atoms with Crippen molar-refractivity contribution in [3.8, 4) is 0 Å². The van der Waals surface area contributed by atoms with Crippen molar-refractivity contribution in [1.82, 2.24) is 4.98 Å². The quantitative estimate of drug-likeness (QED) is 0.715. The Balaban J connectivity index is 2.37. The molecule has 5 heteroatoms. The minimum absolute atomic E-state index is 0.0405. The molecule has 0 amide bonds. The van der Waals surface area contributed by atoms with E-state index in [9.17, 15) is 13.2 Å². The average molecular weight is 215 g/mol. The second-order valence-corrected chi connectivity index (χ2v) is 3.50. The fourth-order valence-corrected chi connectivity index (χ4v) is 1.74. The minimum Gasteiger partial charge on any atom is -0.356 e. The summed E-state index contributed by atoms with van der Waals surface area (Å²) < 4.78 is 37.8. The molecule has 1 aromatic rings. The van der Waals surface area contributed by atoms with Crippen LogP contribution in [-0.2, 0) is 6.18 Å². The molecule has 2 rings (SSSR count). The van der Waals surface area contributed by atoms with Crippen LogP contribution in [0, 0.1) is 6.07 Å². The number of halogens is 3. The van der Waals surface area contributed by atoms with Gasteiger partial charge in [-0.05, 0) is 18.9 Å². The number of anilines is 1. The van der Waals surface area contributed by atoms with Crippen LogP contribution in [0.4, 0.5) is 19.0 Å². The third-order valence-electron chi connectivity index (χ3n) is 2.44. The zero-order chi connectivity index (χ0) is 10.9. The molecule has 0 aromatic carbocycles. The van der Waals surface area contributed by atoms with Crippen LogP contribution in [0.5, 0.6) is 0 Å². The maximum absolute atomic E-state index is 12.6. The third kappa shape index (κ3) is 2.06. The van der Waals surface area contributed by atoms with Gasteiger partial charge in [-0.15, -0.1) is 0 Å². The summed E-state index contributed by atoms with van der Waals surface area (Å²) in [6.45, 7) is 1.31. The summed E-state index contributed by atoms with van der Waals surface area (Å²) in [6.07, 6.45) is -1.21. The highest BCUT2D eigenvalue weighted by atomic mass is 19.4. The van der Waals surface area contributed by atoms with Crippen molar-refractivity contribution in [3.05, 3.63) is 23.9 Å². The number of aromatic nitrogens is 1. The topological polar surface area (TPSA) is 16.1 Å². The smallest absolute Gasteiger partial charge is 0.356 e. The van der Waals surface area contributed by atoms with Gasteiger partial charge >= 0.3 is 6.18 Å². The zero-order valence-electron chi connectivity index (χ0n) is 8.01. The van der Waals surface area contributed by atoms with Crippen LogP contribution >= 0.6 is 0 Å². The van der Waals surface area contributed by atoms with E-state index in [1.165, 1.54) is 6.20 Å². The summed E-state index contributed by atoms with van der Waals surface area (Å²) in [5.74, 6) is 0.0405. The van der Waals surface area contributed by atoms with Crippen molar-refractivity contribution in [2.75, 3.05) is 18.0 Å². The highest BCUT2D eigenvalue weighted by Gasteiger charge is 2.36. The van der Waals surface area contributed by atoms with Crippen LogP contribution < -0.4 is 4.90 Å². The molecule has 0 spiro atoms. The van der Waals surface area contributed by atoms with Crippen molar-refractivity contribution in [3.63, 3.8) is 0 Å². The highest BCUT2D eigenvalue weighted by Crippen LogP contribution is 2.35. The molecule has 0 unspecified atom stereocenters. The first-order valence-electron chi connectivity index (χ1n) is 4.77. The Morgan fingerprint density at radius 2 is 1.93 bits per heavy atom. The van der Waals surface area contributed by atoms with E-state index in [-0.39, 0.29) is 5.82 Å². The lowest BCUT2D eigenvalue weighted by molar-refractivity contribution is -0.137. The minimum atomic E-state index is -4.34. The second-order valence-electron chi connectivity index (χ2n) is 3.50. The number of hydrogen-bond donors (Lipinski definition) is 0. The van der Waals surface area contributed by atoms with Gasteiger partial charge in [-0.25, -0.2) is 4.98 Å². The summed E-state index contributed by atoms with van der Waals surface area (Å²) >= 11 is 0. The standard InChI is InChI=1S/C10H10F3N2/c11-10(12,13)8-4-3-5-14-9(8)15-6-1-2-7-15/h4-5H,1-2,6-7H2. The molecule has 2 nitrogen and oxygen atoms in total. The van der Waals surface area contributed by atoms with Crippen molar-refractivity contribution in [1.29, 1.82) is 0 Å². The SMILES string of the molecule is FC(F)(F)c1c[c]cnc1N1CCCC1. The molecule has 1 radical (unpaired) electrons. The molecule has 2 heterocycles. The Labute approximate surface area is 85.7 Å². The second kappa shape index (κ2) is 3.72. The summed E-state index contributed by atoms with van der Waals surface area (Å²) in [5, 5.41) is 0. The molecule has 0 aliphatic carbocycles. The molecule has 0 N–H and O–H groups in total. The predicted octanol–water partition coefficient (Wildman–Crippen LogP) is 2.50. The van der Waals surface area contributed by atoms with Gasteiger partial charge in [-0.2, -0.15) is 13.2 Å². The van der Waals surface area contributed by atoms with E-state index in [1.807, 2.05) is 0 Å². The van der Waals surface area contributed by atoms with Crippen LogP contribution in [-0.4, -0.2) is 18.1 Å². The molecular weight excluding hydrogens is 205 g/mol. The molecule has 15 heavy (non-hydrogen) atoms. The normalized spacial score (nSPS) is 17.1. The Kier molecular flexibility index (Phi) is 2.54. The van der Waals surface area contributed by atoms with E-state index in [0.717, 1.165) is 18.9 Å². The van der Waals surface area contributed by atoms with Gasteiger partial charge in [0.2, 0.25) is 0 Å². The summed E-state index contributed by atoms with van der Waals surface area (Å²) in [4.78, 5) is 5.45. The number of alkyl halides is 3. The number of hydrogen-bond acceptors (Lipinski definition) is 2. The van der Waals surface area contributed by atoms with Gasteiger partial charge in [0.15, 0.2) is 0 Å². The number of nitrogens with zero attached hydrogens (tertiary/aromatic N) is 2. The fourth-order valence-electron chi connectivity index (χ4n) is 1.74. The first kappa shape index (κ1) is 10.3. The van der Waals surface area contributed by atoms with Crippen LogP contribution in [0.25, 0.3) is 0 Å². The molecule has 0 atom stereocenters. The van der Waals surface area contributed by atoms with Gasteiger partial charge in [0.25, 0.3) is 0 Å². The van der Waals surface area contributed by atoms with Crippen molar-refractivity contribution in [2.45, 2.75) is 19.0 Å². The molecule has 81 valence electrons. The maximum Gasteiger partial charge on any atom is 0.419 e. The highest BCUT2D eigenvalue weighted by molar-refractivity contribution is 5.48. The lowest BCUT2D eigenvalue weighted by atomic mass is 10.2. The Morgan fingerprint density at radius 1 is 1.27 bits per heavy atom. The molecule has 1 fully saturated rings. The van der Waals surface area contributed by atoms with Gasteiger partial charge in [-0.3, -0.25) is 0 Å². The van der Waals surface area contributed by atoms with Gasteiger partial charge in [0.1, 0.15) is 5.82 Å². The lowest BCUT2D eigenvalue weighted by Crippen LogP contribution is -2.23. The first-order chi connectivity index (χ1) is 7.09. The molecule has 1 aliphatic rings. The zero-order valence-corrected chi connectivity index (χ0v) is 8.01. The van der Waals surface area contributed by atoms with E-state index in [1.54, 1.807) is 4.90 Å². The summed E-state index contributed by atoms with van der Waals surface area (Å²) in [5.41, 5.74) is -0.688. The largest absolute Gasteiger partial charge is 0.419 e. The van der Waals surface area contributed by atoms with Gasteiger partial charge in [0.05, 0.1) is 5.56 Å². The first-order valence-corrected chi connectivity index (χ1v) is 4.77. The van der Waals surface area contributed by atoms with Crippen molar-refractivity contribution >= 4 is 5.82 Å². The number of rotatable bonds is 1. The van der Waals surface area contributed by atoms with Crippen LogP contribution in [0.3, 0.4) is 0 Å². The lowest BCUT2D eigenvalue weighted by Gasteiger charge is -2.20. The molecule has 0 saturated carbocycles. The van der Waals surface area contributed by atoms with E-state index in [2.05, 4.69) is 11.1 Å². The molecule has 1 aliphatic heterocycles. The molecule has 1 aromatic heterocycles. The van der Waals surface area contributed by atoms with E-state index >= 15 is 0 Å². The van der Waals surface area contributed by atoms with E-state index in [0.29, 0.717) is 13.1 Å². The van der Waals surface area contributed by atoms with Gasteiger partial charge in [-0.1, -0.05) is 0 Å². The molecular formula is C10H10F3N2. The van der Waals surface area contributed by atoms with E-state index < -0.39 is 11.7 Å². The summed E-state index contributed by atoms with van der Waals surface area (Å²) in [7, 11) is 0.